The topological polar surface area (TPSA) is 150 Å². The van der Waals surface area contributed by atoms with E-state index in [2.05, 4.69) is 10.5 Å². The molecule has 36 heavy (non-hydrogen) atoms. The van der Waals surface area contributed by atoms with Gasteiger partial charge in [0.2, 0.25) is 5.76 Å². The molecule has 0 bridgehead atoms. The first kappa shape index (κ1) is 24.9. The van der Waals surface area contributed by atoms with Crippen LogP contribution in [0.5, 0.6) is 5.75 Å². The molecule has 0 saturated carbocycles. The maximum atomic E-state index is 12.9. The number of aryl methyl sites for hydroxylation is 3. The molecule has 3 aromatic rings. The number of esters is 1. The van der Waals surface area contributed by atoms with Crippen molar-refractivity contribution in [2.24, 2.45) is 5.10 Å². The Bertz CT molecular complexity index is 1420. The van der Waals surface area contributed by atoms with Gasteiger partial charge in [-0.15, -0.1) is 0 Å². The molecule has 186 valence electrons. The Morgan fingerprint density at radius 1 is 1.08 bits per heavy atom. The predicted octanol–water partition coefficient (Wildman–Crippen LogP) is 6.05. The molecule has 1 aromatic heterocycles. The Labute approximate surface area is 210 Å². The summed E-state index contributed by atoms with van der Waals surface area (Å²) in [6, 6.07) is 6.58. The molecule has 1 aliphatic carbocycles. The molecule has 0 spiro atoms. The zero-order chi connectivity index (χ0) is 26.1. The van der Waals surface area contributed by atoms with E-state index in [9.17, 15) is 25.0 Å². The van der Waals surface area contributed by atoms with Gasteiger partial charge >= 0.3 is 11.7 Å². The van der Waals surface area contributed by atoms with Crippen LogP contribution < -0.4 is 10.2 Å². The van der Waals surface area contributed by atoms with Crippen molar-refractivity contribution in [2.45, 2.75) is 40.0 Å². The van der Waals surface area contributed by atoms with E-state index in [0.717, 1.165) is 23.3 Å². The van der Waals surface area contributed by atoms with E-state index in [1.54, 1.807) is 19.1 Å². The van der Waals surface area contributed by atoms with Crippen molar-refractivity contribution < 1.29 is 23.8 Å². The number of rotatable bonds is 6. The minimum Gasteiger partial charge on any atom is -0.453 e. The van der Waals surface area contributed by atoms with E-state index >= 15 is 0 Å². The van der Waals surface area contributed by atoms with Crippen molar-refractivity contribution in [2.75, 3.05) is 5.43 Å². The van der Waals surface area contributed by atoms with Gasteiger partial charge in [-0.05, 0) is 62.9 Å². The molecule has 0 radical (unpaired) electrons. The Morgan fingerprint density at radius 2 is 1.78 bits per heavy atom. The number of anilines is 1. The second-order valence-corrected chi connectivity index (χ2v) is 8.73. The number of hydrogen-bond donors (Lipinski definition) is 1. The number of carbonyl (C=O) groups is 1. The highest BCUT2D eigenvalue weighted by molar-refractivity contribution is 6.32. The first-order chi connectivity index (χ1) is 17.1. The number of nitro benzene ring substituents is 2. The summed E-state index contributed by atoms with van der Waals surface area (Å²) in [6.45, 7) is 5.34. The molecular weight excluding hydrogens is 492 g/mol. The highest BCUT2D eigenvalue weighted by Gasteiger charge is 2.29. The van der Waals surface area contributed by atoms with Gasteiger partial charge in [-0.2, -0.15) is 5.10 Å². The largest absolute Gasteiger partial charge is 0.453 e. The van der Waals surface area contributed by atoms with Crippen molar-refractivity contribution in [1.82, 2.24) is 0 Å². The maximum absolute atomic E-state index is 12.9. The number of non-ortho nitro benzene ring substituents is 1. The molecule has 4 rings (SSSR count). The van der Waals surface area contributed by atoms with Gasteiger partial charge in [0.1, 0.15) is 17.2 Å². The quantitative estimate of drug-likeness (QED) is 0.181. The third-order valence-corrected chi connectivity index (χ3v) is 6.43. The number of carbonyl (C=O) groups excluding carboxylic acids is 1. The van der Waals surface area contributed by atoms with E-state index < -0.39 is 27.2 Å². The van der Waals surface area contributed by atoms with Gasteiger partial charge in [0.05, 0.1) is 21.6 Å². The van der Waals surface area contributed by atoms with E-state index in [-0.39, 0.29) is 11.4 Å². The molecule has 1 heterocycles. The molecule has 2 aromatic carbocycles. The maximum Gasteiger partial charge on any atom is 0.379 e. The lowest BCUT2D eigenvalue weighted by Gasteiger charge is -2.13. The van der Waals surface area contributed by atoms with Gasteiger partial charge in [-0.1, -0.05) is 11.6 Å². The van der Waals surface area contributed by atoms with Crippen molar-refractivity contribution >= 4 is 40.3 Å². The number of fused-ring (bicyclic) bond motifs is 1. The van der Waals surface area contributed by atoms with Crippen LogP contribution in [0.1, 0.15) is 51.4 Å². The fourth-order valence-electron chi connectivity index (χ4n) is 4.10. The Morgan fingerprint density at radius 3 is 2.42 bits per heavy atom. The lowest BCUT2D eigenvalue weighted by atomic mass is 9.93. The average Bonchev–Trinajstić information content (AvgIpc) is 3.18. The Kier molecular flexibility index (Phi) is 6.75. The summed E-state index contributed by atoms with van der Waals surface area (Å²) in [4.78, 5) is 33.9. The highest BCUT2D eigenvalue weighted by atomic mass is 35.5. The Hall–Kier alpha value is -4.25. The van der Waals surface area contributed by atoms with Crippen LogP contribution in [0, 0.1) is 41.0 Å². The van der Waals surface area contributed by atoms with Crippen LogP contribution in [0.4, 0.5) is 17.1 Å². The summed E-state index contributed by atoms with van der Waals surface area (Å²) in [5, 5.41) is 27.3. The first-order valence-electron chi connectivity index (χ1n) is 10.9. The zero-order valence-corrected chi connectivity index (χ0v) is 20.3. The molecule has 1 aliphatic rings. The van der Waals surface area contributed by atoms with Gasteiger partial charge in [0.15, 0.2) is 0 Å². The molecule has 12 heteroatoms. The van der Waals surface area contributed by atoms with Gasteiger partial charge in [0.25, 0.3) is 5.69 Å². The second kappa shape index (κ2) is 9.78. The highest BCUT2D eigenvalue weighted by Crippen LogP contribution is 2.33. The summed E-state index contributed by atoms with van der Waals surface area (Å²) < 4.78 is 11.4. The number of halogens is 1. The Balaban J connectivity index is 1.63. The van der Waals surface area contributed by atoms with E-state index in [0.29, 0.717) is 52.6 Å². The first-order valence-corrected chi connectivity index (χ1v) is 11.3. The van der Waals surface area contributed by atoms with Crippen LogP contribution in [0.2, 0.25) is 5.02 Å². The van der Waals surface area contributed by atoms with Crippen LogP contribution in [0.25, 0.3) is 0 Å². The van der Waals surface area contributed by atoms with Gasteiger partial charge in [0, 0.05) is 28.6 Å². The number of hydrogen-bond acceptors (Lipinski definition) is 9. The standard InChI is InChI=1S/C24H21ClN4O7/c1-12-9-16(10-13(2)22(12)25)35-24(30)23-14(3)21-18(5-4-6-20(21)36-23)27-26-17-8-7-15(28(31)32)11-19(17)29(33)34/h7-11,26H,4-6H2,1-3H3/b27-18+. The smallest absolute Gasteiger partial charge is 0.379 e. The fraction of sp³-hybridized carbons (Fsp3) is 0.250. The molecule has 1 N–H and O–H groups in total. The van der Waals surface area contributed by atoms with Crippen molar-refractivity contribution in [3.63, 3.8) is 0 Å². The molecule has 0 fully saturated rings. The summed E-state index contributed by atoms with van der Waals surface area (Å²) in [6.07, 6.45) is 1.80. The molecule has 0 atom stereocenters. The number of hydrazone groups is 1. The van der Waals surface area contributed by atoms with Crippen LogP contribution in [-0.4, -0.2) is 21.5 Å². The van der Waals surface area contributed by atoms with Gasteiger partial charge < -0.3 is 9.15 Å². The fourth-order valence-corrected chi connectivity index (χ4v) is 4.21. The second-order valence-electron chi connectivity index (χ2n) is 8.35. The minimum atomic E-state index is -0.723. The van der Waals surface area contributed by atoms with Crippen molar-refractivity contribution in [3.05, 3.63) is 89.4 Å². The minimum absolute atomic E-state index is 0.000479. The van der Waals surface area contributed by atoms with Crippen LogP contribution in [0.15, 0.2) is 39.9 Å². The van der Waals surface area contributed by atoms with Crippen LogP contribution in [-0.2, 0) is 6.42 Å². The number of furan rings is 1. The van der Waals surface area contributed by atoms with Gasteiger partial charge in [-0.25, -0.2) is 4.79 Å². The molecule has 0 unspecified atom stereocenters. The SMILES string of the molecule is Cc1cc(OC(=O)c2oc3c(c2C)/C(=N/Nc2ccc([N+](=O)[O-])cc2[N+](=O)[O-])CCC3)cc(C)c1Cl. The third-order valence-electron chi connectivity index (χ3n) is 5.83. The molecular formula is C24H21ClN4O7. The number of benzene rings is 2. The lowest BCUT2D eigenvalue weighted by Crippen LogP contribution is -2.14. The zero-order valence-electron chi connectivity index (χ0n) is 19.6. The molecule has 11 nitrogen and oxygen atoms in total. The predicted molar refractivity (Wildman–Crippen MR) is 132 cm³/mol. The molecule has 0 amide bonds. The number of ether oxygens (including phenoxy) is 1. The summed E-state index contributed by atoms with van der Waals surface area (Å²) in [5.74, 6) is 0.282. The van der Waals surface area contributed by atoms with E-state index in [4.69, 9.17) is 20.8 Å². The lowest BCUT2D eigenvalue weighted by molar-refractivity contribution is -0.393. The number of nitrogens with zero attached hydrogens (tertiary/aromatic N) is 3. The van der Waals surface area contributed by atoms with E-state index in [1.165, 1.54) is 6.07 Å². The summed E-state index contributed by atoms with van der Waals surface area (Å²) in [5.41, 5.74) is 5.03. The van der Waals surface area contributed by atoms with Crippen LogP contribution >= 0.6 is 11.6 Å². The molecule has 0 aliphatic heterocycles. The van der Waals surface area contributed by atoms with Crippen molar-refractivity contribution in [1.29, 1.82) is 0 Å². The summed E-state index contributed by atoms with van der Waals surface area (Å²) in [7, 11) is 0. The average molecular weight is 513 g/mol. The van der Waals surface area contributed by atoms with Crippen LogP contribution in [0.3, 0.4) is 0 Å². The third kappa shape index (κ3) is 4.78. The number of nitrogens with one attached hydrogen (secondary N) is 1. The number of nitro groups is 2. The van der Waals surface area contributed by atoms with Gasteiger partial charge in [-0.3, -0.25) is 25.7 Å². The van der Waals surface area contributed by atoms with Crippen molar-refractivity contribution in [3.8, 4) is 5.75 Å². The monoisotopic (exact) mass is 512 g/mol. The molecule has 0 saturated heterocycles. The van der Waals surface area contributed by atoms with E-state index in [1.807, 2.05) is 13.8 Å². The normalized spacial score (nSPS) is 13.8. The summed E-state index contributed by atoms with van der Waals surface area (Å²) >= 11 is 6.19.